The van der Waals surface area contributed by atoms with E-state index in [1.165, 1.54) is 0 Å². The molecule has 0 heterocycles. The van der Waals surface area contributed by atoms with E-state index in [0.717, 1.165) is 38.8 Å². The van der Waals surface area contributed by atoms with Gasteiger partial charge in [0.05, 0.1) is 0 Å². The number of carbonyl (C=O) groups is 1. The van der Waals surface area contributed by atoms with E-state index >= 15 is 0 Å². The number of carbonyl (C=O) groups excluding carboxylic acids is 1. The third kappa shape index (κ3) is 11.3. The largest absolute Gasteiger partial charge is 0.385 e. The Labute approximate surface area is 92.3 Å². The van der Waals surface area contributed by atoms with Gasteiger partial charge in [0.2, 0.25) is 5.91 Å². The van der Waals surface area contributed by atoms with Gasteiger partial charge in [0.15, 0.2) is 0 Å². The first-order chi connectivity index (χ1) is 7.31. The first-order valence-corrected chi connectivity index (χ1v) is 5.56. The van der Waals surface area contributed by atoms with Crippen molar-refractivity contribution < 1.29 is 14.3 Å². The Morgan fingerprint density at radius 1 is 1.00 bits per heavy atom. The van der Waals surface area contributed by atoms with Gasteiger partial charge in [-0.05, 0) is 25.7 Å². The van der Waals surface area contributed by atoms with Crippen LogP contribution in [0.3, 0.4) is 0 Å². The molecule has 0 aromatic heterocycles. The second-order valence-corrected chi connectivity index (χ2v) is 3.50. The summed E-state index contributed by atoms with van der Waals surface area (Å²) in [7, 11) is 3.35. The highest BCUT2D eigenvalue weighted by atomic mass is 16.5. The molecular weight excluding hydrogens is 194 g/mol. The van der Waals surface area contributed by atoms with Crippen molar-refractivity contribution in [2.75, 3.05) is 34.0 Å². The molecule has 0 radical (unpaired) electrons. The molecule has 4 nitrogen and oxygen atoms in total. The molecule has 0 aliphatic heterocycles. The van der Waals surface area contributed by atoms with Crippen LogP contribution in [0.15, 0.2) is 0 Å². The number of nitrogens with one attached hydrogen (secondary N) is 1. The zero-order valence-electron chi connectivity index (χ0n) is 9.88. The van der Waals surface area contributed by atoms with Crippen LogP contribution in [0, 0.1) is 0 Å². The number of methoxy groups -OCH3 is 2. The minimum Gasteiger partial charge on any atom is -0.385 e. The molecule has 0 rings (SSSR count). The zero-order chi connectivity index (χ0) is 11.4. The SMILES string of the molecule is COCCCCCNC(=O)CCCOC. The Kier molecular flexibility index (Phi) is 11.0. The summed E-state index contributed by atoms with van der Waals surface area (Å²) < 4.78 is 9.80. The van der Waals surface area contributed by atoms with Crippen molar-refractivity contribution in [3.8, 4) is 0 Å². The summed E-state index contributed by atoms with van der Waals surface area (Å²) in [4.78, 5) is 11.2. The zero-order valence-corrected chi connectivity index (χ0v) is 9.88. The predicted octanol–water partition coefficient (Wildman–Crippen LogP) is 1.35. The Balaban J connectivity index is 3.10. The van der Waals surface area contributed by atoms with Gasteiger partial charge >= 0.3 is 0 Å². The van der Waals surface area contributed by atoms with Gasteiger partial charge in [-0.15, -0.1) is 0 Å². The van der Waals surface area contributed by atoms with E-state index < -0.39 is 0 Å². The number of unbranched alkanes of at least 4 members (excludes halogenated alkanes) is 2. The Bertz CT molecular complexity index is 151. The van der Waals surface area contributed by atoms with Gasteiger partial charge in [-0.1, -0.05) is 0 Å². The fourth-order valence-electron chi connectivity index (χ4n) is 1.24. The van der Waals surface area contributed by atoms with Crippen molar-refractivity contribution >= 4 is 5.91 Å². The second kappa shape index (κ2) is 11.5. The monoisotopic (exact) mass is 217 g/mol. The van der Waals surface area contributed by atoms with E-state index in [-0.39, 0.29) is 5.91 Å². The number of ether oxygens (including phenoxy) is 2. The Hall–Kier alpha value is -0.610. The highest BCUT2D eigenvalue weighted by Gasteiger charge is 1.99. The molecule has 90 valence electrons. The van der Waals surface area contributed by atoms with Crippen molar-refractivity contribution in [1.82, 2.24) is 5.32 Å². The molecule has 0 aliphatic rings. The van der Waals surface area contributed by atoms with Crippen LogP contribution in [0.2, 0.25) is 0 Å². The van der Waals surface area contributed by atoms with Crippen molar-refractivity contribution in [3.63, 3.8) is 0 Å². The molecule has 4 heteroatoms. The summed E-state index contributed by atoms with van der Waals surface area (Å²) in [5.74, 6) is 0.124. The van der Waals surface area contributed by atoms with Gasteiger partial charge in [0.25, 0.3) is 0 Å². The summed E-state index contributed by atoms with van der Waals surface area (Å²) in [6.07, 6.45) is 4.56. The number of rotatable bonds is 10. The normalized spacial score (nSPS) is 10.3. The number of hydrogen-bond donors (Lipinski definition) is 1. The van der Waals surface area contributed by atoms with Crippen molar-refractivity contribution in [2.24, 2.45) is 0 Å². The van der Waals surface area contributed by atoms with Crippen LogP contribution in [0.5, 0.6) is 0 Å². The highest BCUT2D eigenvalue weighted by molar-refractivity contribution is 5.75. The van der Waals surface area contributed by atoms with E-state index in [1.54, 1.807) is 14.2 Å². The fraction of sp³-hybridized carbons (Fsp3) is 0.909. The molecule has 0 aromatic rings. The van der Waals surface area contributed by atoms with E-state index in [9.17, 15) is 4.79 Å². The number of hydrogen-bond acceptors (Lipinski definition) is 3. The fourth-order valence-corrected chi connectivity index (χ4v) is 1.24. The van der Waals surface area contributed by atoms with Gasteiger partial charge in [-0.25, -0.2) is 0 Å². The van der Waals surface area contributed by atoms with Crippen molar-refractivity contribution in [2.45, 2.75) is 32.1 Å². The van der Waals surface area contributed by atoms with Gasteiger partial charge in [-0.3, -0.25) is 4.79 Å². The average Bonchev–Trinajstić information content (AvgIpc) is 2.23. The molecule has 0 saturated heterocycles. The Morgan fingerprint density at radius 2 is 1.67 bits per heavy atom. The third-order valence-electron chi connectivity index (χ3n) is 2.10. The number of amides is 1. The van der Waals surface area contributed by atoms with Gasteiger partial charge in [0, 0.05) is 40.4 Å². The molecule has 1 N–H and O–H groups in total. The maximum atomic E-state index is 11.2. The molecule has 0 saturated carbocycles. The molecule has 0 atom stereocenters. The predicted molar refractivity (Wildman–Crippen MR) is 59.8 cm³/mol. The van der Waals surface area contributed by atoms with Crippen molar-refractivity contribution in [1.29, 1.82) is 0 Å². The lowest BCUT2D eigenvalue weighted by molar-refractivity contribution is -0.121. The maximum absolute atomic E-state index is 11.2. The molecular formula is C11H23NO3. The lowest BCUT2D eigenvalue weighted by Crippen LogP contribution is -2.24. The molecule has 0 aliphatic carbocycles. The van der Waals surface area contributed by atoms with Crippen LogP contribution in [-0.4, -0.2) is 39.9 Å². The summed E-state index contributed by atoms with van der Waals surface area (Å²) in [6, 6.07) is 0. The summed E-state index contributed by atoms with van der Waals surface area (Å²) in [5.41, 5.74) is 0. The van der Waals surface area contributed by atoms with E-state index in [2.05, 4.69) is 5.32 Å². The average molecular weight is 217 g/mol. The summed E-state index contributed by atoms with van der Waals surface area (Å²) in [6.45, 7) is 2.23. The van der Waals surface area contributed by atoms with Gasteiger partial charge < -0.3 is 14.8 Å². The van der Waals surface area contributed by atoms with Gasteiger partial charge in [-0.2, -0.15) is 0 Å². The Morgan fingerprint density at radius 3 is 2.33 bits per heavy atom. The van der Waals surface area contributed by atoms with E-state index in [1.807, 2.05) is 0 Å². The quantitative estimate of drug-likeness (QED) is 0.562. The third-order valence-corrected chi connectivity index (χ3v) is 2.10. The minimum atomic E-state index is 0.124. The lowest BCUT2D eigenvalue weighted by Gasteiger charge is -2.04. The molecule has 15 heavy (non-hydrogen) atoms. The smallest absolute Gasteiger partial charge is 0.220 e. The summed E-state index contributed by atoms with van der Waals surface area (Å²) in [5, 5.41) is 2.88. The topological polar surface area (TPSA) is 47.6 Å². The van der Waals surface area contributed by atoms with Gasteiger partial charge in [0.1, 0.15) is 0 Å². The van der Waals surface area contributed by atoms with E-state index in [4.69, 9.17) is 9.47 Å². The second-order valence-electron chi connectivity index (χ2n) is 3.50. The van der Waals surface area contributed by atoms with Crippen LogP contribution >= 0.6 is 0 Å². The van der Waals surface area contributed by atoms with Crippen LogP contribution in [0.25, 0.3) is 0 Å². The molecule has 0 fully saturated rings. The summed E-state index contributed by atoms with van der Waals surface area (Å²) >= 11 is 0. The van der Waals surface area contributed by atoms with Crippen LogP contribution in [-0.2, 0) is 14.3 Å². The maximum Gasteiger partial charge on any atom is 0.220 e. The minimum absolute atomic E-state index is 0.124. The molecule has 0 aromatic carbocycles. The molecule has 0 unspecified atom stereocenters. The molecule has 0 spiro atoms. The van der Waals surface area contributed by atoms with Crippen LogP contribution < -0.4 is 5.32 Å². The first-order valence-electron chi connectivity index (χ1n) is 5.56. The first kappa shape index (κ1) is 14.4. The molecule has 0 bridgehead atoms. The van der Waals surface area contributed by atoms with Crippen molar-refractivity contribution in [3.05, 3.63) is 0 Å². The highest BCUT2D eigenvalue weighted by Crippen LogP contribution is 1.94. The molecule has 1 amide bonds. The van der Waals surface area contributed by atoms with Crippen LogP contribution in [0.4, 0.5) is 0 Å². The lowest BCUT2D eigenvalue weighted by atomic mass is 10.2. The van der Waals surface area contributed by atoms with Crippen LogP contribution in [0.1, 0.15) is 32.1 Å². The van der Waals surface area contributed by atoms with E-state index in [0.29, 0.717) is 13.0 Å². The standard InChI is InChI=1S/C11H23NO3/c1-14-9-5-3-4-8-12-11(13)7-6-10-15-2/h3-10H2,1-2H3,(H,12,13).